The van der Waals surface area contributed by atoms with Crippen LogP contribution in [0.4, 0.5) is 5.69 Å². The van der Waals surface area contributed by atoms with Crippen molar-refractivity contribution in [1.29, 1.82) is 0 Å². The number of benzene rings is 2. The van der Waals surface area contributed by atoms with E-state index in [-0.39, 0.29) is 18.1 Å². The molecule has 1 amide bonds. The molecule has 0 spiro atoms. The zero-order valence-corrected chi connectivity index (χ0v) is 13.7. The molecule has 3 aromatic rings. The lowest BCUT2D eigenvalue weighted by Gasteiger charge is -2.10. The smallest absolute Gasteiger partial charge is 0.262 e. The Hall–Kier alpha value is -2.79. The molecule has 2 N–H and O–H groups in total. The number of hydrogen-bond acceptors (Lipinski definition) is 3. The molecular weight excluding hydrogens is 328 g/mol. The molecule has 0 atom stereocenters. The Morgan fingerprint density at radius 1 is 1.21 bits per heavy atom. The fourth-order valence-electron chi connectivity index (χ4n) is 2.28. The number of aromatic nitrogens is 1. The quantitative estimate of drug-likeness (QED) is 0.762. The van der Waals surface area contributed by atoms with Crippen LogP contribution in [0.5, 0.6) is 5.75 Å². The number of nitrogens with one attached hydrogen (secondary N) is 2. The van der Waals surface area contributed by atoms with Gasteiger partial charge in [0.2, 0.25) is 5.56 Å². The zero-order valence-electron chi connectivity index (χ0n) is 12.9. The van der Waals surface area contributed by atoms with Crippen molar-refractivity contribution in [1.82, 2.24) is 4.98 Å². The number of pyridine rings is 1. The highest BCUT2D eigenvalue weighted by Gasteiger charge is 2.08. The summed E-state index contributed by atoms with van der Waals surface area (Å²) in [5.74, 6) is 0.132. The van der Waals surface area contributed by atoms with Crippen molar-refractivity contribution in [2.24, 2.45) is 0 Å². The van der Waals surface area contributed by atoms with Gasteiger partial charge in [0.05, 0.1) is 5.52 Å². The van der Waals surface area contributed by atoms with Crippen LogP contribution < -0.4 is 15.6 Å². The molecule has 24 heavy (non-hydrogen) atoms. The standard InChI is InChI=1S/C18H15ClN2O3/c1-11-5-7-13(9-14(11)19)20-17(23)10-24-15-4-2-3-12-6-8-16(22)21-18(12)15/h2-9H,10H2,1H3,(H,20,23)(H,21,22). The molecule has 6 heteroatoms. The van der Waals surface area contributed by atoms with Crippen LogP contribution in [-0.2, 0) is 4.79 Å². The van der Waals surface area contributed by atoms with Crippen LogP contribution in [0, 0.1) is 6.92 Å². The molecule has 5 nitrogen and oxygen atoms in total. The van der Waals surface area contributed by atoms with Gasteiger partial charge in [0.15, 0.2) is 6.61 Å². The molecule has 0 fully saturated rings. The monoisotopic (exact) mass is 342 g/mol. The first-order valence-corrected chi connectivity index (χ1v) is 7.71. The molecule has 0 aliphatic rings. The molecule has 0 saturated heterocycles. The molecular formula is C18H15ClN2O3. The lowest BCUT2D eigenvalue weighted by Crippen LogP contribution is -2.20. The number of H-pyrrole nitrogens is 1. The molecule has 3 rings (SSSR count). The minimum atomic E-state index is -0.315. The van der Waals surface area contributed by atoms with Crippen LogP contribution >= 0.6 is 11.6 Å². The van der Waals surface area contributed by atoms with Crippen LogP contribution in [0.15, 0.2) is 53.3 Å². The number of ether oxygens (including phenoxy) is 1. The summed E-state index contributed by atoms with van der Waals surface area (Å²) >= 11 is 6.03. The Balaban J connectivity index is 1.71. The topological polar surface area (TPSA) is 71.2 Å². The predicted octanol–water partition coefficient (Wildman–Crippen LogP) is 3.51. The minimum absolute atomic E-state index is 0.179. The van der Waals surface area contributed by atoms with Gasteiger partial charge in [0.25, 0.3) is 5.91 Å². The third-order valence-electron chi connectivity index (χ3n) is 3.54. The third-order valence-corrected chi connectivity index (χ3v) is 3.94. The Kier molecular flexibility index (Phi) is 4.53. The Morgan fingerprint density at radius 2 is 2.04 bits per heavy atom. The number of carbonyl (C=O) groups excluding carboxylic acids is 1. The molecule has 0 radical (unpaired) electrons. The average molecular weight is 343 g/mol. The minimum Gasteiger partial charge on any atom is -0.482 e. The van der Waals surface area contributed by atoms with Crippen molar-refractivity contribution in [3.05, 3.63) is 69.5 Å². The maximum absolute atomic E-state index is 12.0. The molecule has 2 aromatic carbocycles. The van der Waals surface area contributed by atoms with Crippen molar-refractivity contribution in [2.75, 3.05) is 11.9 Å². The van der Waals surface area contributed by atoms with Crippen LogP contribution in [0.2, 0.25) is 5.02 Å². The van der Waals surface area contributed by atoms with E-state index in [2.05, 4.69) is 10.3 Å². The second-order valence-corrected chi connectivity index (χ2v) is 5.75. The second-order valence-electron chi connectivity index (χ2n) is 5.34. The predicted molar refractivity (Wildman–Crippen MR) is 94.9 cm³/mol. The summed E-state index contributed by atoms with van der Waals surface area (Å²) in [5.41, 5.74) is 1.88. The molecule has 0 aliphatic heterocycles. The number of rotatable bonds is 4. The van der Waals surface area contributed by atoms with E-state index < -0.39 is 0 Å². The van der Waals surface area contributed by atoms with Gasteiger partial charge in [-0.05, 0) is 36.8 Å². The summed E-state index contributed by atoms with van der Waals surface area (Å²) in [4.78, 5) is 26.2. The first-order chi connectivity index (χ1) is 11.5. The number of halogens is 1. The summed E-state index contributed by atoms with van der Waals surface area (Å²) in [5, 5.41) is 4.13. The average Bonchev–Trinajstić information content (AvgIpc) is 2.56. The Labute approximate surface area is 143 Å². The van der Waals surface area contributed by atoms with Crippen molar-refractivity contribution >= 4 is 34.1 Å². The largest absolute Gasteiger partial charge is 0.482 e. The van der Waals surface area contributed by atoms with Crippen LogP contribution in [0.3, 0.4) is 0 Å². The van der Waals surface area contributed by atoms with E-state index in [0.29, 0.717) is 22.0 Å². The van der Waals surface area contributed by atoms with E-state index in [9.17, 15) is 9.59 Å². The summed E-state index contributed by atoms with van der Waals surface area (Å²) in [6, 6.07) is 13.8. The molecule has 0 saturated carbocycles. The maximum atomic E-state index is 12.0. The summed E-state index contributed by atoms with van der Waals surface area (Å²) in [6.07, 6.45) is 0. The third kappa shape index (κ3) is 3.58. The van der Waals surface area contributed by atoms with Crippen LogP contribution in [0.1, 0.15) is 5.56 Å². The molecule has 1 heterocycles. The maximum Gasteiger partial charge on any atom is 0.262 e. The zero-order chi connectivity index (χ0) is 17.1. The lowest BCUT2D eigenvalue weighted by molar-refractivity contribution is -0.118. The van der Waals surface area contributed by atoms with Gasteiger partial charge in [0.1, 0.15) is 5.75 Å². The molecule has 0 aliphatic carbocycles. The first kappa shape index (κ1) is 16.1. The number of para-hydroxylation sites is 1. The van der Waals surface area contributed by atoms with E-state index >= 15 is 0 Å². The number of anilines is 1. The van der Waals surface area contributed by atoms with Gasteiger partial charge in [-0.3, -0.25) is 9.59 Å². The fraction of sp³-hybridized carbons (Fsp3) is 0.111. The van der Waals surface area contributed by atoms with E-state index in [4.69, 9.17) is 16.3 Å². The summed E-state index contributed by atoms with van der Waals surface area (Å²) in [6.45, 7) is 1.71. The number of aromatic amines is 1. The molecule has 0 unspecified atom stereocenters. The van der Waals surface area contributed by atoms with Gasteiger partial charge >= 0.3 is 0 Å². The molecule has 0 bridgehead atoms. The van der Waals surface area contributed by atoms with Crippen molar-refractivity contribution < 1.29 is 9.53 Å². The fourth-order valence-corrected chi connectivity index (χ4v) is 2.46. The van der Waals surface area contributed by atoms with Crippen molar-refractivity contribution in [3.63, 3.8) is 0 Å². The van der Waals surface area contributed by atoms with Gasteiger partial charge in [-0.15, -0.1) is 0 Å². The molecule has 122 valence electrons. The first-order valence-electron chi connectivity index (χ1n) is 7.34. The van der Waals surface area contributed by atoms with Gasteiger partial charge in [-0.2, -0.15) is 0 Å². The van der Waals surface area contributed by atoms with Crippen molar-refractivity contribution in [2.45, 2.75) is 6.92 Å². The number of amides is 1. The highest BCUT2D eigenvalue weighted by Crippen LogP contribution is 2.22. The van der Waals surface area contributed by atoms with Gasteiger partial charge in [-0.25, -0.2) is 0 Å². The second kappa shape index (κ2) is 6.76. The van der Waals surface area contributed by atoms with E-state index in [0.717, 1.165) is 10.9 Å². The van der Waals surface area contributed by atoms with E-state index in [1.807, 2.05) is 19.1 Å². The Bertz CT molecular complexity index is 966. The normalized spacial score (nSPS) is 10.6. The number of hydrogen-bond donors (Lipinski definition) is 2. The Morgan fingerprint density at radius 3 is 2.83 bits per heavy atom. The highest BCUT2D eigenvalue weighted by molar-refractivity contribution is 6.31. The number of fused-ring (bicyclic) bond motifs is 1. The SMILES string of the molecule is Cc1ccc(NC(=O)COc2cccc3ccc(=O)[nH]c23)cc1Cl. The van der Waals surface area contributed by atoms with Crippen LogP contribution in [0.25, 0.3) is 10.9 Å². The van der Waals surface area contributed by atoms with E-state index in [1.54, 1.807) is 30.3 Å². The van der Waals surface area contributed by atoms with Gasteiger partial charge < -0.3 is 15.0 Å². The molecule has 1 aromatic heterocycles. The van der Waals surface area contributed by atoms with Gasteiger partial charge in [0, 0.05) is 22.2 Å². The van der Waals surface area contributed by atoms with Crippen LogP contribution in [-0.4, -0.2) is 17.5 Å². The van der Waals surface area contributed by atoms with Crippen molar-refractivity contribution in [3.8, 4) is 5.75 Å². The van der Waals surface area contributed by atoms with E-state index in [1.165, 1.54) is 6.07 Å². The number of aryl methyl sites for hydroxylation is 1. The highest BCUT2D eigenvalue weighted by atomic mass is 35.5. The lowest BCUT2D eigenvalue weighted by atomic mass is 10.2. The van der Waals surface area contributed by atoms with Gasteiger partial charge in [-0.1, -0.05) is 29.8 Å². The summed E-state index contributed by atoms with van der Waals surface area (Å²) in [7, 11) is 0. The summed E-state index contributed by atoms with van der Waals surface area (Å²) < 4.78 is 5.55. The number of carbonyl (C=O) groups is 1.